The second-order valence-corrected chi connectivity index (χ2v) is 7.01. The van der Waals surface area contributed by atoms with E-state index in [0.717, 1.165) is 64.8 Å². The maximum absolute atomic E-state index is 5.83. The third-order valence-electron chi connectivity index (χ3n) is 4.31. The van der Waals surface area contributed by atoms with Gasteiger partial charge in [0.05, 0.1) is 15.8 Å². The number of benzene rings is 1. The predicted octanol–water partition coefficient (Wildman–Crippen LogP) is 2.85. The fourth-order valence-electron chi connectivity index (χ4n) is 2.96. The average molecular weight is 435 g/mol. The van der Waals surface area contributed by atoms with E-state index >= 15 is 0 Å². The molecule has 2 aromatic heterocycles. The molecule has 0 unspecified atom stereocenters. The summed E-state index contributed by atoms with van der Waals surface area (Å²) in [6.07, 6.45) is 1.65. The molecule has 0 radical (unpaired) electrons. The fourth-order valence-corrected chi connectivity index (χ4v) is 3.58. The van der Waals surface area contributed by atoms with Gasteiger partial charge in [-0.2, -0.15) is 0 Å². The van der Waals surface area contributed by atoms with Crippen LogP contribution in [0.2, 0.25) is 0 Å². The molecule has 7 heteroatoms. The Hall–Kier alpha value is -1.74. The summed E-state index contributed by atoms with van der Waals surface area (Å²) in [6, 6.07) is 7.91. The Morgan fingerprint density at radius 2 is 1.92 bits per heavy atom. The average Bonchev–Trinajstić information content (AvgIpc) is 3.00. The number of para-hydroxylation sites is 2. The SMILES string of the molecule is Cc1ncnc(N2CCN(Cc3nc4ccccc4o3)CC2)c1I. The van der Waals surface area contributed by atoms with Gasteiger partial charge in [0.1, 0.15) is 17.7 Å². The molecule has 1 saturated heterocycles. The van der Waals surface area contributed by atoms with Gasteiger partial charge in [0.25, 0.3) is 0 Å². The minimum absolute atomic E-state index is 0.752. The second-order valence-electron chi connectivity index (χ2n) is 5.94. The third-order valence-corrected chi connectivity index (χ3v) is 5.58. The zero-order chi connectivity index (χ0) is 16.5. The first-order chi connectivity index (χ1) is 11.7. The van der Waals surface area contributed by atoms with Gasteiger partial charge < -0.3 is 9.32 Å². The number of piperazine rings is 1. The van der Waals surface area contributed by atoms with Gasteiger partial charge >= 0.3 is 0 Å². The van der Waals surface area contributed by atoms with Crippen LogP contribution < -0.4 is 4.90 Å². The van der Waals surface area contributed by atoms with E-state index in [0.29, 0.717) is 0 Å². The number of hydrogen-bond donors (Lipinski definition) is 0. The predicted molar refractivity (Wildman–Crippen MR) is 101 cm³/mol. The molecule has 3 heterocycles. The number of fused-ring (bicyclic) bond motifs is 1. The molecule has 0 saturated carbocycles. The minimum Gasteiger partial charge on any atom is -0.439 e. The zero-order valence-electron chi connectivity index (χ0n) is 13.4. The molecule has 0 bridgehead atoms. The summed E-state index contributed by atoms with van der Waals surface area (Å²) >= 11 is 2.33. The molecule has 6 nitrogen and oxygen atoms in total. The number of halogens is 1. The molecule has 0 aliphatic carbocycles. The smallest absolute Gasteiger partial charge is 0.209 e. The first-order valence-electron chi connectivity index (χ1n) is 7.99. The lowest BCUT2D eigenvalue weighted by Crippen LogP contribution is -2.46. The van der Waals surface area contributed by atoms with Crippen molar-refractivity contribution in [2.45, 2.75) is 13.5 Å². The highest BCUT2D eigenvalue weighted by atomic mass is 127. The second kappa shape index (κ2) is 6.64. The minimum atomic E-state index is 0.752. The summed E-state index contributed by atoms with van der Waals surface area (Å²) in [4.78, 5) is 18.0. The molecule has 1 fully saturated rings. The van der Waals surface area contributed by atoms with E-state index in [1.807, 2.05) is 31.2 Å². The van der Waals surface area contributed by atoms with Crippen LogP contribution in [0.3, 0.4) is 0 Å². The van der Waals surface area contributed by atoms with Gasteiger partial charge in [-0.1, -0.05) is 12.1 Å². The van der Waals surface area contributed by atoms with Gasteiger partial charge in [0.15, 0.2) is 5.58 Å². The molecule has 0 amide bonds. The Kier molecular flexibility index (Phi) is 4.36. The number of aromatic nitrogens is 3. The Balaban J connectivity index is 1.41. The van der Waals surface area contributed by atoms with Crippen molar-refractivity contribution >= 4 is 39.5 Å². The van der Waals surface area contributed by atoms with E-state index in [4.69, 9.17) is 4.42 Å². The molecule has 124 valence electrons. The van der Waals surface area contributed by atoms with Crippen LogP contribution in [0.5, 0.6) is 0 Å². The number of aryl methyl sites for hydroxylation is 1. The topological polar surface area (TPSA) is 58.3 Å². The molecule has 1 aliphatic rings. The number of anilines is 1. The lowest BCUT2D eigenvalue weighted by Gasteiger charge is -2.35. The van der Waals surface area contributed by atoms with Gasteiger partial charge in [-0.3, -0.25) is 4.90 Å². The summed E-state index contributed by atoms with van der Waals surface area (Å²) in [7, 11) is 0. The van der Waals surface area contributed by atoms with E-state index in [9.17, 15) is 0 Å². The standard InChI is InChI=1S/C17H18IN5O/c1-12-16(18)17(20-11-19-12)23-8-6-22(7-9-23)10-15-21-13-4-2-3-5-14(13)24-15/h2-5,11H,6-10H2,1H3. The Morgan fingerprint density at radius 1 is 1.12 bits per heavy atom. The number of rotatable bonds is 3. The van der Waals surface area contributed by atoms with E-state index in [1.54, 1.807) is 6.33 Å². The van der Waals surface area contributed by atoms with Crippen LogP contribution in [0.1, 0.15) is 11.6 Å². The Labute approximate surface area is 154 Å². The molecule has 1 aromatic carbocycles. The molecular formula is C17H18IN5O. The Morgan fingerprint density at radius 3 is 2.71 bits per heavy atom. The summed E-state index contributed by atoms with van der Waals surface area (Å²) in [5.41, 5.74) is 2.82. The first-order valence-corrected chi connectivity index (χ1v) is 9.07. The van der Waals surface area contributed by atoms with Crippen molar-refractivity contribution in [2.24, 2.45) is 0 Å². The quantitative estimate of drug-likeness (QED) is 0.590. The van der Waals surface area contributed by atoms with Gasteiger partial charge in [0, 0.05) is 26.2 Å². The van der Waals surface area contributed by atoms with Crippen molar-refractivity contribution < 1.29 is 4.42 Å². The zero-order valence-corrected chi connectivity index (χ0v) is 15.6. The molecule has 0 atom stereocenters. The molecule has 3 aromatic rings. The lowest BCUT2D eigenvalue weighted by molar-refractivity contribution is 0.228. The lowest BCUT2D eigenvalue weighted by atomic mass is 10.3. The van der Waals surface area contributed by atoms with Crippen LogP contribution in [0, 0.1) is 10.5 Å². The molecule has 0 N–H and O–H groups in total. The summed E-state index contributed by atoms with van der Waals surface area (Å²) < 4.78 is 6.97. The van der Waals surface area contributed by atoms with Crippen LogP contribution in [-0.2, 0) is 6.54 Å². The van der Waals surface area contributed by atoms with E-state index in [1.165, 1.54) is 0 Å². The van der Waals surface area contributed by atoms with Crippen molar-refractivity contribution in [2.75, 3.05) is 31.1 Å². The van der Waals surface area contributed by atoms with Crippen LogP contribution in [0.25, 0.3) is 11.1 Å². The van der Waals surface area contributed by atoms with Crippen LogP contribution in [-0.4, -0.2) is 46.0 Å². The molecular weight excluding hydrogens is 417 g/mol. The van der Waals surface area contributed by atoms with Gasteiger partial charge in [-0.05, 0) is 41.6 Å². The van der Waals surface area contributed by atoms with E-state index in [-0.39, 0.29) is 0 Å². The van der Waals surface area contributed by atoms with Gasteiger partial charge in [0.2, 0.25) is 5.89 Å². The van der Waals surface area contributed by atoms with Gasteiger partial charge in [-0.15, -0.1) is 0 Å². The number of nitrogens with zero attached hydrogens (tertiary/aromatic N) is 5. The van der Waals surface area contributed by atoms with Crippen molar-refractivity contribution in [3.8, 4) is 0 Å². The first kappa shape index (κ1) is 15.8. The highest BCUT2D eigenvalue weighted by Gasteiger charge is 2.21. The largest absolute Gasteiger partial charge is 0.439 e. The summed E-state index contributed by atoms with van der Waals surface area (Å²) in [5.74, 6) is 1.83. The summed E-state index contributed by atoms with van der Waals surface area (Å²) in [6.45, 7) is 6.62. The molecule has 0 spiro atoms. The van der Waals surface area contributed by atoms with Crippen molar-refractivity contribution in [1.29, 1.82) is 0 Å². The van der Waals surface area contributed by atoms with Crippen LogP contribution in [0.15, 0.2) is 35.0 Å². The monoisotopic (exact) mass is 435 g/mol. The maximum Gasteiger partial charge on any atom is 0.209 e. The molecule has 4 rings (SSSR count). The normalized spacial score (nSPS) is 16.0. The van der Waals surface area contributed by atoms with E-state index in [2.05, 4.69) is 47.3 Å². The Bertz CT molecular complexity index is 824. The highest BCUT2D eigenvalue weighted by molar-refractivity contribution is 14.1. The van der Waals surface area contributed by atoms with Crippen molar-refractivity contribution in [3.63, 3.8) is 0 Å². The van der Waals surface area contributed by atoms with Crippen molar-refractivity contribution in [3.05, 3.63) is 45.7 Å². The number of hydrogen-bond acceptors (Lipinski definition) is 6. The van der Waals surface area contributed by atoms with Crippen LogP contribution >= 0.6 is 22.6 Å². The van der Waals surface area contributed by atoms with Gasteiger partial charge in [-0.25, -0.2) is 15.0 Å². The fraction of sp³-hybridized carbons (Fsp3) is 0.353. The number of oxazole rings is 1. The third kappa shape index (κ3) is 3.10. The summed E-state index contributed by atoms with van der Waals surface area (Å²) in [5, 5.41) is 0. The van der Waals surface area contributed by atoms with Crippen LogP contribution in [0.4, 0.5) is 5.82 Å². The van der Waals surface area contributed by atoms with E-state index < -0.39 is 0 Å². The maximum atomic E-state index is 5.83. The molecule has 1 aliphatic heterocycles. The highest BCUT2D eigenvalue weighted by Crippen LogP contribution is 2.23. The molecule has 24 heavy (non-hydrogen) atoms. The van der Waals surface area contributed by atoms with Crippen molar-refractivity contribution in [1.82, 2.24) is 19.9 Å².